The van der Waals surface area contributed by atoms with E-state index in [1.165, 1.54) is 0 Å². The van der Waals surface area contributed by atoms with Crippen LogP contribution in [0.25, 0.3) is 5.69 Å². The molecule has 1 heterocycles. The summed E-state index contributed by atoms with van der Waals surface area (Å²) in [5.74, 6) is 0.983. The van der Waals surface area contributed by atoms with Gasteiger partial charge in [-0.3, -0.25) is 4.79 Å². The second-order valence-electron chi connectivity index (χ2n) is 8.06. The van der Waals surface area contributed by atoms with Gasteiger partial charge in [0, 0.05) is 19.2 Å². The molecule has 1 aromatic carbocycles. The minimum absolute atomic E-state index is 0.0243. The molecule has 0 bridgehead atoms. The van der Waals surface area contributed by atoms with Gasteiger partial charge >= 0.3 is 0 Å². The van der Waals surface area contributed by atoms with Crippen LogP contribution in [0.2, 0.25) is 0 Å². The van der Waals surface area contributed by atoms with Crippen molar-refractivity contribution in [1.82, 2.24) is 14.7 Å². The van der Waals surface area contributed by atoms with Gasteiger partial charge in [0.15, 0.2) is 5.78 Å². The average Bonchev–Trinajstić information content (AvgIpc) is 3.11. The van der Waals surface area contributed by atoms with Gasteiger partial charge < -0.3 is 9.64 Å². The van der Waals surface area contributed by atoms with Crippen LogP contribution >= 0.6 is 0 Å². The quantitative estimate of drug-likeness (QED) is 0.452. The molecule has 0 fully saturated rings. The molecule has 27 heavy (non-hydrogen) atoms. The number of carbonyl (C=O) groups excluding carboxylic acids is 1. The minimum atomic E-state index is -0.0243. The Balaban J connectivity index is 1.89. The third kappa shape index (κ3) is 6.83. The fourth-order valence-electron chi connectivity index (χ4n) is 2.90. The maximum Gasteiger partial charge on any atom is 0.166 e. The number of aromatic nitrogens is 2. The van der Waals surface area contributed by atoms with Gasteiger partial charge in [-0.15, -0.1) is 0 Å². The Kier molecular flexibility index (Phi) is 7.60. The zero-order valence-corrected chi connectivity index (χ0v) is 17.4. The van der Waals surface area contributed by atoms with Gasteiger partial charge in [-0.05, 0) is 49.2 Å². The lowest BCUT2D eigenvalue weighted by Crippen LogP contribution is -2.25. The Bertz CT molecular complexity index is 710. The van der Waals surface area contributed by atoms with Crippen LogP contribution in [-0.4, -0.2) is 46.7 Å². The third-order valence-electron chi connectivity index (χ3n) is 4.48. The number of nitrogens with zero attached hydrogens (tertiary/aromatic N) is 3. The summed E-state index contributed by atoms with van der Waals surface area (Å²) in [6.07, 6.45) is 4.97. The van der Waals surface area contributed by atoms with Gasteiger partial charge in [-0.25, -0.2) is 4.68 Å². The molecule has 5 nitrogen and oxygen atoms in total. The fraction of sp³-hybridized carbons (Fsp3) is 0.545. The van der Waals surface area contributed by atoms with Gasteiger partial charge in [-0.1, -0.05) is 34.6 Å². The van der Waals surface area contributed by atoms with E-state index in [9.17, 15) is 4.79 Å². The van der Waals surface area contributed by atoms with Crippen LogP contribution in [0.3, 0.4) is 0 Å². The second kappa shape index (κ2) is 9.70. The minimum Gasteiger partial charge on any atom is -0.494 e. The van der Waals surface area contributed by atoms with Crippen molar-refractivity contribution >= 4 is 5.78 Å². The van der Waals surface area contributed by atoms with Crippen molar-refractivity contribution in [3.63, 3.8) is 0 Å². The molecule has 0 radical (unpaired) electrons. The summed E-state index contributed by atoms with van der Waals surface area (Å²) in [4.78, 5) is 14.7. The molecule has 0 N–H and O–H groups in total. The highest BCUT2D eigenvalue weighted by atomic mass is 16.5. The number of ether oxygens (including phenoxy) is 1. The molecule has 2 aromatic rings. The maximum absolute atomic E-state index is 12.3. The summed E-state index contributed by atoms with van der Waals surface area (Å²) in [5, 5.41) is 4.33. The first-order chi connectivity index (χ1) is 12.8. The van der Waals surface area contributed by atoms with Crippen LogP contribution in [0, 0.1) is 5.41 Å². The number of hydrogen-bond acceptors (Lipinski definition) is 4. The molecule has 2 rings (SSSR count). The van der Waals surface area contributed by atoms with Crippen LogP contribution in [0.4, 0.5) is 0 Å². The van der Waals surface area contributed by atoms with E-state index in [-0.39, 0.29) is 11.2 Å². The first-order valence-electron chi connectivity index (χ1n) is 9.86. The van der Waals surface area contributed by atoms with Gasteiger partial charge in [-0.2, -0.15) is 5.10 Å². The van der Waals surface area contributed by atoms with Crippen LogP contribution < -0.4 is 4.74 Å². The van der Waals surface area contributed by atoms with Crippen LogP contribution in [0.1, 0.15) is 57.8 Å². The zero-order chi connectivity index (χ0) is 19.9. The van der Waals surface area contributed by atoms with Crippen molar-refractivity contribution in [3.05, 3.63) is 42.2 Å². The molecule has 0 aliphatic rings. The molecule has 0 aliphatic heterocycles. The third-order valence-corrected chi connectivity index (χ3v) is 4.48. The Hall–Kier alpha value is -2.14. The predicted octanol–water partition coefficient (Wildman–Crippen LogP) is 4.60. The van der Waals surface area contributed by atoms with Crippen molar-refractivity contribution in [2.24, 2.45) is 5.41 Å². The Morgan fingerprint density at radius 2 is 1.81 bits per heavy atom. The number of hydrogen-bond donors (Lipinski definition) is 0. The molecule has 0 atom stereocenters. The first kappa shape index (κ1) is 21.2. The smallest absolute Gasteiger partial charge is 0.166 e. The van der Waals surface area contributed by atoms with E-state index in [0.717, 1.165) is 37.5 Å². The summed E-state index contributed by atoms with van der Waals surface area (Å²) in [6.45, 7) is 14.5. The molecule has 0 saturated carbocycles. The molecule has 1 aromatic heterocycles. The van der Waals surface area contributed by atoms with E-state index in [4.69, 9.17) is 4.74 Å². The van der Waals surface area contributed by atoms with Crippen molar-refractivity contribution in [2.75, 3.05) is 26.2 Å². The molecular weight excluding hydrogens is 338 g/mol. The lowest BCUT2D eigenvalue weighted by Gasteiger charge is -2.17. The van der Waals surface area contributed by atoms with Crippen LogP contribution in [0.5, 0.6) is 5.75 Å². The van der Waals surface area contributed by atoms with E-state index in [0.29, 0.717) is 18.6 Å². The standard InChI is InChI=1S/C22H33N3O2/c1-6-24(7-2)13-8-14-27-20-11-9-19(10-12-20)25-17-18(16-23-25)21(26)15-22(3,4)5/h9-12,16-17H,6-8,13-15H2,1-5H3. The number of ketones is 1. The molecular formula is C22H33N3O2. The number of benzene rings is 1. The van der Waals surface area contributed by atoms with Crippen LogP contribution in [-0.2, 0) is 0 Å². The van der Waals surface area contributed by atoms with E-state index in [2.05, 4.69) is 44.6 Å². The van der Waals surface area contributed by atoms with Gasteiger partial charge in [0.1, 0.15) is 5.75 Å². The Morgan fingerprint density at radius 1 is 1.15 bits per heavy atom. The van der Waals surface area contributed by atoms with Gasteiger partial charge in [0.05, 0.1) is 24.1 Å². The van der Waals surface area contributed by atoms with E-state index < -0.39 is 0 Å². The molecule has 5 heteroatoms. The van der Waals surface area contributed by atoms with Crippen molar-refractivity contribution in [2.45, 2.75) is 47.5 Å². The maximum atomic E-state index is 12.3. The highest BCUT2D eigenvalue weighted by molar-refractivity contribution is 5.96. The van der Waals surface area contributed by atoms with Crippen molar-refractivity contribution in [1.29, 1.82) is 0 Å². The fourth-order valence-corrected chi connectivity index (χ4v) is 2.90. The average molecular weight is 372 g/mol. The Morgan fingerprint density at radius 3 is 2.41 bits per heavy atom. The summed E-state index contributed by atoms with van der Waals surface area (Å²) >= 11 is 0. The largest absolute Gasteiger partial charge is 0.494 e. The summed E-state index contributed by atoms with van der Waals surface area (Å²) in [7, 11) is 0. The topological polar surface area (TPSA) is 47.4 Å². The molecule has 0 spiro atoms. The van der Waals surface area contributed by atoms with Gasteiger partial charge in [0.25, 0.3) is 0 Å². The lowest BCUT2D eigenvalue weighted by molar-refractivity contribution is 0.0940. The molecule has 0 amide bonds. The highest BCUT2D eigenvalue weighted by Gasteiger charge is 2.18. The molecule has 0 aliphatic carbocycles. The molecule has 0 saturated heterocycles. The predicted molar refractivity (Wildman–Crippen MR) is 110 cm³/mol. The number of carbonyl (C=O) groups is 1. The molecule has 0 unspecified atom stereocenters. The molecule has 148 valence electrons. The van der Waals surface area contributed by atoms with E-state index in [1.54, 1.807) is 17.1 Å². The van der Waals surface area contributed by atoms with E-state index >= 15 is 0 Å². The summed E-state index contributed by atoms with van der Waals surface area (Å²) < 4.78 is 7.56. The number of Topliss-reactive ketones (excluding diaryl/α,β-unsaturated/α-hetero) is 1. The number of rotatable bonds is 10. The summed E-state index contributed by atoms with van der Waals surface area (Å²) in [5.41, 5.74) is 1.55. The van der Waals surface area contributed by atoms with Crippen LogP contribution in [0.15, 0.2) is 36.7 Å². The van der Waals surface area contributed by atoms with Gasteiger partial charge in [0.2, 0.25) is 0 Å². The lowest BCUT2D eigenvalue weighted by atomic mass is 9.88. The zero-order valence-electron chi connectivity index (χ0n) is 17.4. The van der Waals surface area contributed by atoms with Crippen molar-refractivity contribution < 1.29 is 9.53 Å². The second-order valence-corrected chi connectivity index (χ2v) is 8.06. The van der Waals surface area contributed by atoms with Crippen molar-refractivity contribution in [3.8, 4) is 11.4 Å². The normalized spacial score (nSPS) is 11.8. The summed E-state index contributed by atoms with van der Waals surface area (Å²) in [6, 6.07) is 7.83. The monoisotopic (exact) mass is 371 g/mol. The first-order valence-corrected chi connectivity index (χ1v) is 9.86. The Labute approximate surface area is 163 Å². The SMILES string of the molecule is CCN(CC)CCCOc1ccc(-n2cc(C(=O)CC(C)(C)C)cn2)cc1. The van der Waals surface area contributed by atoms with E-state index in [1.807, 2.05) is 24.3 Å². The highest BCUT2D eigenvalue weighted by Crippen LogP contribution is 2.22.